The Kier molecular flexibility index (Phi) is 2.66. The van der Waals surface area contributed by atoms with E-state index < -0.39 is 0 Å². The molecule has 0 bridgehead atoms. The Morgan fingerprint density at radius 2 is 1.75 bits per heavy atom. The first-order valence-electron chi connectivity index (χ1n) is 7.43. The van der Waals surface area contributed by atoms with Crippen LogP contribution in [0, 0.1) is 0 Å². The van der Waals surface area contributed by atoms with Gasteiger partial charge in [0, 0.05) is 29.5 Å². The van der Waals surface area contributed by atoms with Crippen molar-refractivity contribution in [3.05, 3.63) is 55.2 Å². The van der Waals surface area contributed by atoms with Crippen LogP contribution in [0.5, 0.6) is 0 Å². The molecule has 2 N–H and O–H groups in total. The van der Waals surface area contributed by atoms with E-state index in [4.69, 9.17) is 0 Å². The highest BCUT2D eigenvalue weighted by Gasteiger charge is 2.14. The lowest BCUT2D eigenvalue weighted by Crippen LogP contribution is -1.85. The van der Waals surface area contributed by atoms with Crippen molar-refractivity contribution in [3.8, 4) is 22.8 Å². The standard InChI is InChI=1S/C17H11N7/c1-4-18-5-2-10(1)13-7-11-14(9-20-13)23-24-16(11)17-21-12-3-6-19-8-15(12)22-17/h1-9H,(H,21,22)(H,23,24). The van der Waals surface area contributed by atoms with Crippen LogP contribution in [0.15, 0.2) is 55.2 Å². The van der Waals surface area contributed by atoms with Gasteiger partial charge in [0.25, 0.3) is 0 Å². The topological polar surface area (TPSA) is 96.0 Å². The number of H-pyrrole nitrogens is 2. The highest BCUT2D eigenvalue weighted by atomic mass is 15.1. The Morgan fingerprint density at radius 1 is 0.875 bits per heavy atom. The summed E-state index contributed by atoms with van der Waals surface area (Å²) in [5.41, 5.74) is 5.24. The number of nitrogens with zero attached hydrogens (tertiary/aromatic N) is 5. The molecule has 24 heavy (non-hydrogen) atoms. The van der Waals surface area contributed by atoms with Crippen LogP contribution in [-0.2, 0) is 0 Å². The number of hydrogen-bond acceptors (Lipinski definition) is 5. The van der Waals surface area contributed by atoms with E-state index in [0.29, 0.717) is 5.82 Å². The number of aromatic nitrogens is 7. The minimum atomic E-state index is 0.705. The van der Waals surface area contributed by atoms with Crippen LogP contribution in [0.3, 0.4) is 0 Å². The smallest absolute Gasteiger partial charge is 0.159 e. The molecule has 0 saturated heterocycles. The summed E-state index contributed by atoms with van der Waals surface area (Å²) in [6.07, 6.45) is 8.77. The summed E-state index contributed by atoms with van der Waals surface area (Å²) in [4.78, 5) is 20.5. The maximum atomic E-state index is 4.60. The molecule has 5 heterocycles. The minimum Gasteiger partial charge on any atom is -0.335 e. The molecule has 0 unspecified atom stereocenters. The summed E-state index contributed by atoms with van der Waals surface area (Å²) in [6, 6.07) is 7.74. The van der Waals surface area contributed by atoms with Gasteiger partial charge in [0.15, 0.2) is 5.82 Å². The van der Waals surface area contributed by atoms with Crippen LogP contribution >= 0.6 is 0 Å². The van der Waals surface area contributed by atoms with Crippen LogP contribution in [0.1, 0.15) is 0 Å². The first-order valence-corrected chi connectivity index (χ1v) is 7.43. The van der Waals surface area contributed by atoms with E-state index in [0.717, 1.165) is 38.9 Å². The predicted molar refractivity (Wildman–Crippen MR) is 90.0 cm³/mol. The largest absolute Gasteiger partial charge is 0.335 e. The summed E-state index contributed by atoms with van der Waals surface area (Å²) < 4.78 is 0. The number of rotatable bonds is 2. The zero-order valence-corrected chi connectivity index (χ0v) is 12.4. The molecule has 0 aromatic carbocycles. The van der Waals surface area contributed by atoms with Crippen molar-refractivity contribution in [1.82, 2.24) is 35.1 Å². The second-order valence-corrected chi connectivity index (χ2v) is 5.40. The number of fused-ring (bicyclic) bond motifs is 2. The molecule has 7 nitrogen and oxygen atoms in total. The van der Waals surface area contributed by atoms with Gasteiger partial charge in [0.1, 0.15) is 5.69 Å². The average molecular weight is 313 g/mol. The average Bonchev–Trinajstić information content (AvgIpc) is 3.25. The molecule has 7 heteroatoms. The van der Waals surface area contributed by atoms with E-state index in [9.17, 15) is 0 Å². The van der Waals surface area contributed by atoms with Crippen LogP contribution < -0.4 is 0 Å². The summed E-state index contributed by atoms with van der Waals surface area (Å²) in [7, 11) is 0. The first-order chi connectivity index (χ1) is 11.9. The number of imidazole rings is 1. The quantitative estimate of drug-likeness (QED) is 0.522. The number of hydrogen-bond donors (Lipinski definition) is 2. The van der Waals surface area contributed by atoms with Crippen molar-refractivity contribution in [2.24, 2.45) is 0 Å². The van der Waals surface area contributed by atoms with Crippen LogP contribution in [-0.4, -0.2) is 35.1 Å². The van der Waals surface area contributed by atoms with Gasteiger partial charge in [0.05, 0.1) is 34.6 Å². The van der Waals surface area contributed by atoms with Gasteiger partial charge in [-0.25, -0.2) is 4.98 Å². The molecule has 0 aliphatic heterocycles. The summed E-state index contributed by atoms with van der Waals surface area (Å²) >= 11 is 0. The second-order valence-electron chi connectivity index (χ2n) is 5.40. The van der Waals surface area contributed by atoms with E-state index in [1.54, 1.807) is 31.0 Å². The van der Waals surface area contributed by atoms with Crippen LogP contribution in [0.2, 0.25) is 0 Å². The molecule has 114 valence electrons. The first kappa shape index (κ1) is 12.9. The van der Waals surface area contributed by atoms with Gasteiger partial charge < -0.3 is 4.98 Å². The molecule has 0 aliphatic carbocycles. The molecule has 0 amide bonds. The van der Waals surface area contributed by atoms with Gasteiger partial charge >= 0.3 is 0 Å². The molecule has 0 fully saturated rings. The third kappa shape index (κ3) is 1.95. The third-order valence-corrected chi connectivity index (χ3v) is 3.93. The van der Waals surface area contributed by atoms with Gasteiger partial charge in [-0.05, 0) is 24.3 Å². The summed E-state index contributed by atoms with van der Waals surface area (Å²) in [6.45, 7) is 0. The van der Waals surface area contributed by atoms with Crippen molar-refractivity contribution in [2.45, 2.75) is 0 Å². The molecule has 5 aromatic heterocycles. The molecule has 5 rings (SSSR count). The molecule has 5 aromatic rings. The lowest BCUT2D eigenvalue weighted by molar-refractivity contribution is 1.10. The molecule has 0 spiro atoms. The fourth-order valence-corrected chi connectivity index (χ4v) is 2.75. The Hall–Kier alpha value is -3.61. The number of aromatic amines is 2. The van der Waals surface area contributed by atoms with E-state index in [1.807, 2.05) is 24.3 Å². The van der Waals surface area contributed by atoms with Crippen LogP contribution in [0.4, 0.5) is 0 Å². The van der Waals surface area contributed by atoms with Gasteiger partial charge in [-0.15, -0.1) is 0 Å². The minimum absolute atomic E-state index is 0.705. The fourth-order valence-electron chi connectivity index (χ4n) is 2.75. The molecule has 0 aliphatic rings. The maximum Gasteiger partial charge on any atom is 0.159 e. The lowest BCUT2D eigenvalue weighted by Gasteiger charge is -2.00. The van der Waals surface area contributed by atoms with Crippen molar-refractivity contribution < 1.29 is 0 Å². The highest BCUT2D eigenvalue weighted by molar-refractivity contribution is 5.94. The predicted octanol–water partition coefficient (Wildman–Crippen LogP) is 2.96. The van der Waals surface area contributed by atoms with E-state index in [2.05, 4.69) is 35.1 Å². The zero-order valence-electron chi connectivity index (χ0n) is 12.4. The molecule has 0 radical (unpaired) electrons. The Balaban J connectivity index is 1.71. The van der Waals surface area contributed by atoms with Crippen molar-refractivity contribution >= 4 is 21.9 Å². The van der Waals surface area contributed by atoms with Gasteiger partial charge in [-0.2, -0.15) is 5.10 Å². The molecule has 0 atom stereocenters. The lowest BCUT2D eigenvalue weighted by atomic mass is 10.1. The second kappa shape index (κ2) is 4.95. The Morgan fingerprint density at radius 3 is 2.62 bits per heavy atom. The molecular formula is C17H11N7. The number of nitrogens with one attached hydrogen (secondary N) is 2. The number of pyridine rings is 3. The van der Waals surface area contributed by atoms with E-state index >= 15 is 0 Å². The Bertz CT molecular complexity index is 1120. The van der Waals surface area contributed by atoms with Crippen molar-refractivity contribution in [2.75, 3.05) is 0 Å². The van der Waals surface area contributed by atoms with Crippen LogP contribution in [0.25, 0.3) is 44.7 Å². The molecule has 0 saturated carbocycles. The third-order valence-electron chi connectivity index (χ3n) is 3.93. The summed E-state index contributed by atoms with van der Waals surface area (Å²) in [5.74, 6) is 0.705. The normalized spacial score (nSPS) is 11.3. The van der Waals surface area contributed by atoms with Crippen molar-refractivity contribution in [1.29, 1.82) is 0 Å². The van der Waals surface area contributed by atoms with Gasteiger partial charge in [-0.3, -0.25) is 20.1 Å². The van der Waals surface area contributed by atoms with E-state index in [1.165, 1.54) is 0 Å². The zero-order chi connectivity index (χ0) is 15.9. The van der Waals surface area contributed by atoms with Crippen molar-refractivity contribution in [3.63, 3.8) is 0 Å². The molecular weight excluding hydrogens is 302 g/mol. The van der Waals surface area contributed by atoms with E-state index in [-0.39, 0.29) is 0 Å². The van der Waals surface area contributed by atoms with Gasteiger partial charge in [0.2, 0.25) is 0 Å². The summed E-state index contributed by atoms with van der Waals surface area (Å²) in [5, 5.41) is 8.38. The SMILES string of the molecule is c1cc(-c2cc3c(-c4nc5ccncc5[nH]4)n[nH]c3cn2)ccn1. The monoisotopic (exact) mass is 313 g/mol. The fraction of sp³-hybridized carbons (Fsp3) is 0. The Labute approximate surface area is 135 Å². The maximum absolute atomic E-state index is 4.60. The van der Waals surface area contributed by atoms with Gasteiger partial charge in [-0.1, -0.05) is 0 Å². The highest BCUT2D eigenvalue weighted by Crippen LogP contribution is 2.28.